The van der Waals surface area contributed by atoms with Crippen LogP contribution in [0.5, 0.6) is 0 Å². The van der Waals surface area contributed by atoms with Crippen molar-refractivity contribution in [1.82, 2.24) is 5.32 Å². The molecule has 2 fully saturated rings. The summed E-state index contributed by atoms with van der Waals surface area (Å²) < 4.78 is 10.7. The van der Waals surface area contributed by atoms with E-state index in [1.54, 1.807) is 13.0 Å². The Bertz CT molecular complexity index is 843. The minimum Gasteiger partial charge on any atom is -0.465 e. The summed E-state index contributed by atoms with van der Waals surface area (Å²) in [6.07, 6.45) is 1.34. The number of carbonyl (C=O) groups excluding carboxylic acids is 3. The normalized spacial score (nSPS) is 22.2. The first-order chi connectivity index (χ1) is 14.6. The minimum absolute atomic E-state index is 0.139. The number of carbonyl (C=O) groups is 3. The molecule has 1 aromatic carbocycles. The highest BCUT2D eigenvalue weighted by Crippen LogP contribution is 2.39. The highest BCUT2D eigenvalue weighted by molar-refractivity contribution is 6.30. The molecule has 2 aliphatic heterocycles. The predicted octanol–water partition coefficient (Wildman–Crippen LogP) is 3.29. The monoisotopic (exact) mass is 450 g/mol. The van der Waals surface area contributed by atoms with Crippen molar-refractivity contribution in [3.63, 3.8) is 0 Å². The molecule has 1 N–H and O–H groups in total. The number of halogens is 1. The maximum Gasteiger partial charge on any atom is 0.319 e. The number of hydrogen-bond donors (Lipinski definition) is 1. The molecular formula is C23H31ClN2O5. The Balaban J connectivity index is 1.79. The largest absolute Gasteiger partial charge is 0.465 e. The van der Waals surface area contributed by atoms with E-state index in [4.69, 9.17) is 21.1 Å². The fourth-order valence-corrected chi connectivity index (χ4v) is 4.43. The molecule has 0 saturated carbocycles. The van der Waals surface area contributed by atoms with Gasteiger partial charge in [-0.1, -0.05) is 17.7 Å². The van der Waals surface area contributed by atoms with E-state index in [0.717, 1.165) is 11.3 Å². The van der Waals surface area contributed by atoms with Crippen LogP contribution in [0.25, 0.3) is 0 Å². The van der Waals surface area contributed by atoms with Gasteiger partial charge in [-0.05, 0) is 58.2 Å². The summed E-state index contributed by atoms with van der Waals surface area (Å²) in [4.78, 5) is 39.4. The van der Waals surface area contributed by atoms with E-state index in [1.807, 2.05) is 32.9 Å². The second-order valence-corrected chi connectivity index (χ2v) is 9.52. The van der Waals surface area contributed by atoms with E-state index < -0.39 is 17.5 Å². The Labute approximate surface area is 188 Å². The lowest BCUT2D eigenvalue weighted by Crippen LogP contribution is -2.39. The number of benzene rings is 1. The number of nitrogens with zero attached hydrogens (tertiary/aromatic N) is 1. The van der Waals surface area contributed by atoms with E-state index in [2.05, 4.69) is 10.2 Å². The average Bonchev–Trinajstić information content (AvgIpc) is 3.08. The van der Waals surface area contributed by atoms with Gasteiger partial charge >= 0.3 is 11.9 Å². The maximum atomic E-state index is 12.5. The number of nitrogens with one attached hydrogen (secondary N) is 1. The van der Waals surface area contributed by atoms with Gasteiger partial charge in [-0.25, -0.2) is 0 Å². The van der Waals surface area contributed by atoms with Crippen LogP contribution in [-0.2, 0) is 23.9 Å². The molecule has 2 atom stereocenters. The molecule has 8 heteroatoms. The van der Waals surface area contributed by atoms with Crippen LogP contribution in [0.4, 0.5) is 5.69 Å². The van der Waals surface area contributed by atoms with Crippen molar-refractivity contribution < 1.29 is 23.9 Å². The van der Waals surface area contributed by atoms with Crippen LogP contribution in [0.3, 0.4) is 0 Å². The number of ether oxygens (including phenoxy) is 2. The molecular weight excluding hydrogens is 420 g/mol. The summed E-state index contributed by atoms with van der Waals surface area (Å²) in [7, 11) is 0. The number of piperidine rings is 1. The third kappa shape index (κ3) is 5.50. The van der Waals surface area contributed by atoms with Crippen LogP contribution in [0.2, 0.25) is 5.02 Å². The van der Waals surface area contributed by atoms with Crippen molar-refractivity contribution in [2.45, 2.75) is 52.1 Å². The third-order valence-corrected chi connectivity index (χ3v) is 5.92. The number of amides is 1. The summed E-state index contributed by atoms with van der Waals surface area (Å²) in [5.74, 6) is -2.33. The van der Waals surface area contributed by atoms with Gasteiger partial charge < -0.3 is 19.7 Å². The summed E-state index contributed by atoms with van der Waals surface area (Å²) in [6.45, 7) is 9.25. The first-order valence-electron chi connectivity index (χ1n) is 10.8. The molecule has 0 aromatic heterocycles. The highest BCUT2D eigenvalue weighted by atomic mass is 35.5. The molecule has 1 amide bonds. The second-order valence-electron chi connectivity index (χ2n) is 9.08. The van der Waals surface area contributed by atoms with Gasteiger partial charge in [0.2, 0.25) is 5.91 Å². The number of anilines is 1. The highest BCUT2D eigenvalue weighted by Gasteiger charge is 2.43. The van der Waals surface area contributed by atoms with Crippen LogP contribution in [0, 0.1) is 11.8 Å². The molecule has 2 heterocycles. The number of rotatable bonds is 5. The Kier molecular flexibility index (Phi) is 7.14. The molecule has 31 heavy (non-hydrogen) atoms. The molecule has 1 unspecified atom stereocenters. The van der Waals surface area contributed by atoms with Crippen molar-refractivity contribution in [2.75, 3.05) is 31.1 Å². The number of hydrogen-bond acceptors (Lipinski definition) is 6. The predicted molar refractivity (Wildman–Crippen MR) is 118 cm³/mol. The lowest BCUT2D eigenvalue weighted by atomic mass is 9.86. The van der Waals surface area contributed by atoms with Crippen molar-refractivity contribution in [1.29, 1.82) is 0 Å². The molecule has 0 spiro atoms. The minimum atomic E-state index is -0.876. The summed E-state index contributed by atoms with van der Waals surface area (Å²) >= 11 is 6.30. The van der Waals surface area contributed by atoms with Gasteiger partial charge in [0.15, 0.2) is 0 Å². The van der Waals surface area contributed by atoms with E-state index in [1.165, 1.54) is 0 Å². The SMILES string of the molecule is CCOC(=O)C1C(=O)NC[C@@H]1c1ccc(Cl)cc1N1CCC(C(=O)OC(C)(C)C)CC1. The standard InChI is InChI=1S/C23H31ClN2O5/c1-5-30-22(29)19-17(13-25-20(19)27)16-7-6-15(24)12-18(16)26-10-8-14(9-11-26)21(28)31-23(2,3)4/h6-7,12,14,17,19H,5,8-11,13H2,1-4H3,(H,25,27)/t17-,19?/m1/s1. The molecule has 170 valence electrons. The molecule has 0 aliphatic carbocycles. The van der Waals surface area contributed by atoms with Gasteiger partial charge in [-0.15, -0.1) is 0 Å². The molecule has 2 aliphatic rings. The van der Waals surface area contributed by atoms with Crippen LogP contribution < -0.4 is 10.2 Å². The van der Waals surface area contributed by atoms with Gasteiger partial charge in [0.1, 0.15) is 11.5 Å². The van der Waals surface area contributed by atoms with Gasteiger partial charge in [0.05, 0.1) is 12.5 Å². The van der Waals surface area contributed by atoms with Gasteiger partial charge in [0, 0.05) is 36.3 Å². The third-order valence-electron chi connectivity index (χ3n) is 5.69. The molecule has 7 nitrogen and oxygen atoms in total. The fourth-order valence-electron chi connectivity index (χ4n) is 4.26. The maximum absolute atomic E-state index is 12.5. The number of esters is 2. The topological polar surface area (TPSA) is 84.9 Å². The van der Waals surface area contributed by atoms with Gasteiger partial charge in [-0.2, -0.15) is 0 Å². The molecule has 0 radical (unpaired) electrons. The van der Waals surface area contributed by atoms with E-state index >= 15 is 0 Å². The van der Waals surface area contributed by atoms with Crippen molar-refractivity contribution >= 4 is 35.1 Å². The molecule has 3 rings (SSSR count). The van der Waals surface area contributed by atoms with Crippen LogP contribution >= 0.6 is 11.6 Å². The molecule has 1 aromatic rings. The first kappa shape index (κ1) is 23.4. The average molecular weight is 451 g/mol. The van der Waals surface area contributed by atoms with Gasteiger partial charge in [-0.3, -0.25) is 14.4 Å². The van der Waals surface area contributed by atoms with Crippen LogP contribution in [-0.4, -0.2) is 49.7 Å². The zero-order valence-corrected chi connectivity index (χ0v) is 19.3. The smallest absolute Gasteiger partial charge is 0.319 e. The van der Waals surface area contributed by atoms with E-state index in [9.17, 15) is 14.4 Å². The Morgan fingerprint density at radius 3 is 2.48 bits per heavy atom. The van der Waals surface area contributed by atoms with E-state index in [0.29, 0.717) is 37.5 Å². The van der Waals surface area contributed by atoms with Crippen LogP contribution in [0.1, 0.15) is 52.0 Å². The van der Waals surface area contributed by atoms with Crippen LogP contribution in [0.15, 0.2) is 18.2 Å². The zero-order valence-electron chi connectivity index (χ0n) is 18.6. The fraction of sp³-hybridized carbons (Fsp3) is 0.609. The van der Waals surface area contributed by atoms with Gasteiger partial charge in [0.25, 0.3) is 0 Å². The summed E-state index contributed by atoms with van der Waals surface area (Å²) in [5, 5.41) is 3.37. The van der Waals surface area contributed by atoms with E-state index in [-0.39, 0.29) is 30.3 Å². The first-order valence-corrected chi connectivity index (χ1v) is 11.2. The van der Waals surface area contributed by atoms with Crippen molar-refractivity contribution in [2.24, 2.45) is 11.8 Å². The molecule has 0 bridgehead atoms. The lowest BCUT2D eigenvalue weighted by molar-refractivity contribution is -0.160. The lowest BCUT2D eigenvalue weighted by Gasteiger charge is -2.36. The summed E-state index contributed by atoms with van der Waals surface area (Å²) in [6, 6.07) is 5.53. The Morgan fingerprint density at radius 2 is 1.87 bits per heavy atom. The second kappa shape index (κ2) is 9.47. The summed E-state index contributed by atoms with van der Waals surface area (Å²) in [5.41, 5.74) is 1.28. The zero-order chi connectivity index (χ0) is 22.8. The Morgan fingerprint density at radius 1 is 1.19 bits per heavy atom. The molecule has 2 saturated heterocycles. The Hall–Kier alpha value is -2.28. The van der Waals surface area contributed by atoms with Crippen molar-refractivity contribution in [3.05, 3.63) is 28.8 Å². The van der Waals surface area contributed by atoms with Crippen molar-refractivity contribution in [3.8, 4) is 0 Å². The quantitative estimate of drug-likeness (QED) is 0.547.